The lowest BCUT2D eigenvalue weighted by Gasteiger charge is -2.19. The van der Waals surface area contributed by atoms with Crippen molar-refractivity contribution in [3.63, 3.8) is 0 Å². The maximum absolute atomic E-state index is 12.9. The minimum atomic E-state index is -2.68. The summed E-state index contributed by atoms with van der Waals surface area (Å²) in [4.78, 5) is 18.0. The van der Waals surface area contributed by atoms with Gasteiger partial charge in [-0.15, -0.1) is 0 Å². The molecule has 0 spiro atoms. The molecular formula is C18H18F2N4O. The van der Waals surface area contributed by atoms with Crippen LogP contribution in [-0.4, -0.2) is 32.0 Å². The van der Waals surface area contributed by atoms with Crippen LogP contribution in [0.15, 0.2) is 61.1 Å². The molecule has 0 aliphatic heterocycles. The summed E-state index contributed by atoms with van der Waals surface area (Å²) in [7, 11) is 1.58. The standard InChI is InChI=1S/C18H18F2N4O/c1-22(13-16-21-9-11-24(16)18(19)20)17(25)15-8-5-10-23(15)12-14-6-3-2-4-7-14/h2-11,18H,12-13H2,1H3. The molecule has 25 heavy (non-hydrogen) atoms. The third-order valence-corrected chi connectivity index (χ3v) is 3.93. The Labute approximate surface area is 144 Å². The largest absolute Gasteiger partial charge is 0.339 e. The Morgan fingerprint density at radius 2 is 1.92 bits per heavy atom. The predicted molar refractivity (Wildman–Crippen MR) is 89.3 cm³/mol. The van der Waals surface area contributed by atoms with Gasteiger partial charge < -0.3 is 9.47 Å². The van der Waals surface area contributed by atoms with Gasteiger partial charge in [0.1, 0.15) is 11.5 Å². The monoisotopic (exact) mass is 344 g/mol. The van der Waals surface area contributed by atoms with Gasteiger partial charge in [0.25, 0.3) is 5.91 Å². The quantitative estimate of drug-likeness (QED) is 0.688. The van der Waals surface area contributed by atoms with Crippen molar-refractivity contribution in [1.82, 2.24) is 19.0 Å². The minimum absolute atomic E-state index is 0.00664. The molecule has 130 valence electrons. The number of nitrogens with zero attached hydrogens (tertiary/aromatic N) is 4. The fourth-order valence-corrected chi connectivity index (χ4v) is 2.65. The number of benzene rings is 1. The Bertz CT molecular complexity index is 842. The number of hydrogen-bond donors (Lipinski definition) is 0. The maximum Gasteiger partial charge on any atom is 0.319 e. The van der Waals surface area contributed by atoms with Gasteiger partial charge in [-0.3, -0.25) is 9.36 Å². The first-order chi connectivity index (χ1) is 12.1. The molecule has 0 atom stereocenters. The van der Waals surface area contributed by atoms with Crippen molar-refractivity contribution < 1.29 is 13.6 Å². The molecule has 0 unspecified atom stereocenters. The van der Waals surface area contributed by atoms with Gasteiger partial charge in [0, 0.05) is 32.2 Å². The summed E-state index contributed by atoms with van der Waals surface area (Å²) >= 11 is 0. The van der Waals surface area contributed by atoms with E-state index in [0.29, 0.717) is 12.2 Å². The summed E-state index contributed by atoms with van der Waals surface area (Å²) in [5.41, 5.74) is 1.57. The van der Waals surface area contributed by atoms with Gasteiger partial charge >= 0.3 is 6.55 Å². The van der Waals surface area contributed by atoms with Gasteiger partial charge in [0.2, 0.25) is 0 Å². The highest BCUT2D eigenvalue weighted by atomic mass is 19.3. The molecular weight excluding hydrogens is 326 g/mol. The number of imidazole rings is 1. The number of amides is 1. The molecule has 3 aromatic rings. The van der Waals surface area contributed by atoms with Crippen molar-refractivity contribution in [2.75, 3.05) is 7.05 Å². The molecule has 0 saturated carbocycles. The molecule has 3 rings (SSSR count). The highest BCUT2D eigenvalue weighted by Gasteiger charge is 2.19. The topological polar surface area (TPSA) is 43.1 Å². The molecule has 0 fully saturated rings. The zero-order valence-electron chi connectivity index (χ0n) is 13.7. The Balaban J connectivity index is 1.75. The zero-order chi connectivity index (χ0) is 17.8. The number of halogens is 2. The highest BCUT2D eigenvalue weighted by Crippen LogP contribution is 2.15. The van der Waals surface area contributed by atoms with Crippen LogP contribution in [0, 0.1) is 0 Å². The number of carbonyl (C=O) groups excluding carboxylic acids is 1. The van der Waals surface area contributed by atoms with Crippen molar-refractivity contribution in [2.24, 2.45) is 0 Å². The van der Waals surface area contributed by atoms with Crippen LogP contribution in [0.3, 0.4) is 0 Å². The highest BCUT2D eigenvalue weighted by molar-refractivity contribution is 5.92. The summed E-state index contributed by atoms with van der Waals surface area (Å²) in [5, 5.41) is 0. The second-order valence-electron chi connectivity index (χ2n) is 5.70. The predicted octanol–water partition coefficient (Wildman–Crippen LogP) is 3.40. The van der Waals surface area contributed by atoms with E-state index in [2.05, 4.69) is 4.98 Å². The van der Waals surface area contributed by atoms with Crippen molar-refractivity contribution >= 4 is 5.91 Å². The van der Waals surface area contributed by atoms with Gasteiger partial charge in [-0.25, -0.2) is 4.98 Å². The van der Waals surface area contributed by atoms with Crippen LogP contribution >= 0.6 is 0 Å². The molecule has 1 amide bonds. The van der Waals surface area contributed by atoms with E-state index in [1.807, 2.05) is 41.1 Å². The summed E-state index contributed by atoms with van der Waals surface area (Å²) in [5.74, 6) is -0.100. The van der Waals surface area contributed by atoms with Crippen LogP contribution in [0.1, 0.15) is 28.4 Å². The maximum atomic E-state index is 12.9. The zero-order valence-corrected chi connectivity index (χ0v) is 13.7. The summed E-state index contributed by atoms with van der Waals surface area (Å²) < 4.78 is 28.4. The van der Waals surface area contributed by atoms with Crippen molar-refractivity contribution in [3.05, 3.63) is 78.1 Å². The first kappa shape index (κ1) is 16.9. The Kier molecular flexibility index (Phi) is 4.92. The molecule has 0 bridgehead atoms. The van der Waals surface area contributed by atoms with Gasteiger partial charge in [-0.05, 0) is 17.7 Å². The van der Waals surface area contributed by atoms with Crippen LogP contribution in [0.5, 0.6) is 0 Å². The lowest BCUT2D eigenvalue weighted by Crippen LogP contribution is -2.29. The van der Waals surface area contributed by atoms with E-state index in [4.69, 9.17) is 0 Å². The first-order valence-corrected chi connectivity index (χ1v) is 7.80. The van der Waals surface area contributed by atoms with E-state index >= 15 is 0 Å². The number of aromatic nitrogens is 3. The van der Waals surface area contributed by atoms with Crippen LogP contribution in [0.4, 0.5) is 8.78 Å². The molecule has 0 N–H and O–H groups in total. The second-order valence-corrected chi connectivity index (χ2v) is 5.70. The molecule has 7 heteroatoms. The number of hydrogen-bond acceptors (Lipinski definition) is 2. The van der Waals surface area contributed by atoms with Gasteiger partial charge in [-0.2, -0.15) is 8.78 Å². The van der Waals surface area contributed by atoms with Crippen LogP contribution in [-0.2, 0) is 13.1 Å². The molecule has 2 aromatic heterocycles. The average molecular weight is 344 g/mol. The summed E-state index contributed by atoms with van der Waals surface area (Å²) in [6.45, 7) is -2.11. The summed E-state index contributed by atoms with van der Waals surface area (Å²) in [6.07, 6.45) is 4.34. The molecule has 0 radical (unpaired) electrons. The van der Waals surface area contributed by atoms with E-state index < -0.39 is 6.55 Å². The fourth-order valence-electron chi connectivity index (χ4n) is 2.65. The molecule has 1 aromatic carbocycles. The van der Waals surface area contributed by atoms with E-state index in [0.717, 1.165) is 10.1 Å². The van der Waals surface area contributed by atoms with E-state index in [-0.39, 0.29) is 18.3 Å². The first-order valence-electron chi connectivity index (χ1n) is 7.80. The third kappa shape index (κ3) is 3.76. The van der Waals surface area contributed by atoms with Gasteiger partial charge in [-0.1, -0.05) is 30.3 Å². The lowest BCUT2D eigenvalue weighted by molar-refractivity contribution is 0.0610. The minimum Gasteiger partial charge on any atom is -0.339 e. The smallest absolute Gasteiger partial charge is 0.319 e. The number of alkyl halides is 2. The van der Waals surface area contributed by atoms with E-state index in [9.17, 15) is 13.6 Å². The Morgan fingerprint density at radius 1 is 1.16 bits per heavy atom. The fraction of sp³-hybridized carbons (Fsp3) is 0.222. The van der Waals surface area contributed by atoms with E-state index in [1.54, 1.807) is 19.2 Å². The number of carbonyl (C=O) groups is 1. The normalized spacial score (nSPS) is 11.0. The molecule has 2 heterocycles. The van der Waals surface area contributed by atoms with Crippen LogP contribution in [0.2, 0.25) is 0 Å². The second kappa shape index (κ2) is 7.29. The SMILES string of the molecule is CN(Cc1nccn1C(F)F)C(=O)c1cccn1Cc1ccccc1. The van der Waals surface area contributed by atoms with Crippen molar-refractivity contribution in [3.8, 4) is 0 Å². The molecule has 0 aliphatic rings. The van der Waals surface area contributed by atoms with Crippen LogP contribution in [0.25, 0.3) is 0 Å². The average Bonchev–Trinajstić information content (AvgIpc) is 3.24. The molecule has 0 aliphatic carbocycles. The number of rotatable bonds is 6. The molecule has 5 nitrogen and oxygen atoms in total. The van der Waals surface area contributed by atoms with Crippen molar-refractivity contribution in [2.45, 2.75) is 19.6 Å². The lowest BCUT2D eigenvalue weighted by atomic mass is 10.2. The summed E-state index contributed by atoms with van der Waals surface area (Å²) in [6, 6.07) is 13.3. The van der Waals surface area contributed by atoms with Gasteiger partial charge in [0.15, 0.2) is 0 Å². The van der Waals surface area contributed by atoms with Crippen LogP contribution < -0.4 is 0 Å². The van der Waals surface area contributed by atoms with Crippen molar-refractivity contribution in [1.29, 1.82) is 0 Å². The Hall–Kier alpha value is -2.96. The van der Waals surface area contributed by atoms with Gasteiger partial charge in [0.05, 0.1) is 6.54 Å². The van der Waals surface area contributed by atoms with E-state index in [1.165, 1.54) is 17.3 Å². The molecule has 0 saturated heterocycles. The third-order valence-electron chi connectivity index (χ3n) is 3.93. The Morgan fingerprint density at radius 3 is 2.64 bits per heavy atom.